The second-order valence-electron chi connectivity index (χ2n) is 7.04. The van der Waals surface area contributed by atoms with Crippen molar-refractivity contribution >= 4 is 17.2 Å². The molecule has 6 heteroatoms. The largest absolute Gasteiger partial charge is 0.381 e. The third-order valence-electron chi connectivity index (χ3n) is 5.13. The summed E-state index contributed by atoms with van der Waals surface area (Å²) < 4.78 is 5.48. The third kappa shape index (κ3) is 3.92. The molecule has 3 heterocycles. The van der Waals surface area contributed by atoms with Gasteiger partial charge in [-0.3, -0.25) is 9.69 Å². The van der Waals surface area contributed by atoms with Crippen molar-refractivity contribution in [3.8, 4) is 0 Å². The number of nitrogens with one attached hydrogen (secondary N) is 1. The Labute approximate surface area is 142 Å². The zero-order valence-corrected chi connectivity index (χ0v) is 15.1. The highest BCUT2D eigenvalue weighted by molar-refractivity contribution is 7.09. The Morgan fingerprint density at radius 3 is 2.74 bits per heavy atom. The van der Waals surface area contributed by atoms with Crippen molar-refractivity contribution in [3.63, 3.8) is 0 Å². The molecule has 1 N–H and O–H groups in total. The summed E-state index contributed by atoms with van der Waals surface area (Å²) in [5, 5.41) is 6.02. The summed E-state index contributed by atoms with van der Waals surface area (Å²) in [4.78, 5) is 19.3. The lowest BCUT2D eigenvalue weighted by molar-refractivity contribution is 0.0401. The lowest BCUT2D eigenvalue weighted by Gasteiger charge is -2.31. The Kier molecular flexibility index (Phi) is 5.34. The van der Waals surface area contributed by atoms with E-state index in [-0.39, 0.29) is 11.9 Å². The Hall–Kier alpha value is -0.980. The van der Waals surface area contributed by atoms with Crippen molar-refractivity contribution < 1.29 is 9.53 Å². The molecule has 2 aliphatic heterocycles. The molecule has 0 spiro atoms. The van der Waals surface area contributed by atoms with Gasteiger partial charge in [-0.15, -0.1) is 11.3 Å². The van der Waals surface area contributed by atoms with Crippen LogP contribution in [0.4, 0.5) is 0 Å². The number of carbonyl (C=O) groups excluding carboxylic acids is 1. The number of thiazole rings is 1. The minimum atomic E-state index is -0.0289. The first kappa shape index (κ1) is 16.9. The van der Waals surface area contributed by atoms with E-state index in [0.717, 1.165) is 44.2 Å². The fourth-order valence-corrected chi connectivity index (χ4v) is 4.34. The maximum atomic E-state index is 12.5. The molecule has 1 amide bonds. The van der Waals surface area contributed by atoms with E-state index in [1.807, 2.05) is 12.3 Å². The fraction of sp³-hybridized carbons (Fsp3) is 0.765. The summed E-state index contributed by atoms with van der Waals surface area (Å²) in [5.41, 5.74) is 0.555. The second-order valence-corrected chi connectivity index (χ2v) is 8.10. The van der Waals surface area contributed by atoms with Gasteiger partial charge in [-0.1, -0.05) is 13.8 Å². The standard InChI is InChI=1S/C17H27N3O2S/c1-11(2)14-8-20(13-4-6-22-7-5-13)9-15(14)19-17(21)16-10-23-12(3)18-16/h10-11,13-15H,4-9H2,1-3H3,(H,19,21)/t14-,15+/m1/s1. The molecular formula is C17H27N3O2S. The van der Waals surface area contributed by atoms with E-state index in [4.69, 9.17) is 4.74 Å². The van der Waals surface area contributed by atoms with Crippen molar-refractivity contribution in [3.05, 3.63) is 16.1 Å². The van der Waals surface area contributed by atoms with E-state index in [1.54, 1.807) is 0 Å². The van der Waals surface area contributed by atoms with Crippen molar-refractivity contribution in [1.29, 1.82) is 0 Å². The van der Waals surface area contributed by atoms with Gasteiger partial charge in [0.2, 0.25) is 0 Å². The zero-order valence-electron chi connectivity index (χ0n) is 14.2. The average molecular weight is 337 g/mol. The van der Waals surface area contributed by atoms with E-state index in [1.165, 1.54) is 11.3 Å². The first-order valence-corrected chi connectivity index (χ1v) is 9.47. The zero-order chi connectivity index (χ0) is 16.4. The van der Waals surface area contributed by atoms with Gasteiger partial charge in [0.15, 0.2) is 0 Å². The number of hydrogen-bond acceptors (Lipinski definition) is 5. The topological polar surface area (TPSA) is 54.5 Å². The maximum absolute atomic E-state index is 12.5. The van der Waals surface area contributed by atoms with Crippen LogP contribution in [-0.2, 0) is 4.74 Å². The van der Waals surface area contributed by atoms with Gasteiger partial charge in [0, 0.05) is 43.8 Å². The smallest absolute Gasteiger partial charge is 0.271 e. The predicted molar refractivity (Wildman–Crippen MR) is 91.8 cm³/mol. The van der Waals surface area contributed by atoms with Crippen LogP contribution in [0.15, 0.2) is 5.38 Å². The average Bonchev–Trinajstić information content (AvgIpc) is 3.15. The minimum Gasteiger partial charge on any atom is -0.381 e. The van der Waals surface area contributed by atoms with Crippen LogP contribution >= 0.6 is 11.3 Å². The van der Waals surface area contributed by atoms with Gasteiger partial charge in [-0.25, -0.2) is 4.98 Å². The first-order valence-electron chi connectivity index (χ1n) is 8.59. The molecule has 2 aliphatic rings. The van der Waals surface area contributed by atoms with Gasteiger partial charge in [0.05, 0.1) is 5.01 Å². The van der Waals surface area contributed by atoms with Gasteiger partial charge >= 0.3 is 0 Å². The Morgan fingerprint density at radius 1 is 1.39 bits per heavy atom. The molecule has 0 aliphatic carbocycles. The van der Waals surface area contributed by atoms with E-state index in [2.05, 4.69) is 29.0 Å². The highest BCUT2D eigenvalue weighted by Gasteiger charge is 2.38. The molecule has 0 unspecified atom stereocenters. The normalized spacial score (nSPS) is 26.8. The minimum absolute atomic E-state index is 0.0289. The van der Waals surface area contributed by atoms with Crippen LogP contribution in [0.1, 0.15) is 42.2 Å². The first-order chi connectivity index (χ1) is 11.0. The number of amides is 1. The number of carbonyl (C=O) groups is 1. The molecule has 0 aromatic carbocycles. The summed E-state index contributed by atoms with van der Waals surface area (Å²) >= 11 is 1.52. The highest BCUT2D eigenvalue weighted by atomic mass is 32.1. The fourth-order valence-electron chi connectivity index (χ4n) is 3.75. The van der Waals surface area contributed by atoms with Crippen LogP contribution in [-0.4, -0.2) is 54.2 Å². The van der Waals surface area contributed by atoms with Crippen LogP contribution in [0.3, 0.4) is 0 Å². The van der Waals surface area contributed by atoms with E-state index in [0.29, 0.717) is 23.6 Å². The van der Waals surface area contributed by atoms with Gasteiger partial charge in [0.1, 0.15) is 5.69 Å². The number of rotatable bonds is 4. The Bertz CT molecular complexity index is 540. The number of likely N-dealkylation sites (tertiary alicyclic amines) is 1. The molecule has 2 atom stereocenters. The summed E-state index contributed by atoms with van der Waals surface area (Å²) in [6.45, 7) is 10.2. The number of aromatic nitrogens is 1. The van der Waals surface area contributed by atoms with Crippen LogP contribution in [0.25, 0.3) is 0 Å². The highest BCUT2D eigenvalue weighted by Crippen LogP contribution is 2.29. The lowest BCUT2D eigenvalue weighted by Crippen LogP contribution is -2.43. The predicted octanol–water partition coefficient (Wildman–Crippen LogP) is 2.32. The van der Waals surface area contributed by atoms with Gasteiger partial charge < -0.3 is 10.1 Å². The van der Waals surface area contributed by atoms with Crippen LogP contribution in [0, 0.1) is 18.8 Å². The molecule has 1 aromatic rings. The molecule has 3 rings (SSSR count). The van der Waals surface area contributed by atoms with Crippen LogP contribution < -0.4 is 5.32 Å². The van der Waals surface area contributed by atoms with Crippen molar-refractivity contribution in [1.82, 2.24) is 15.2 Å². The molecule has 23 heavy (non-hydrogen) atoms. The van der Waals surface area contributed by atoms with Crippen LogP contribution in [0.5, 0.6) is 0 Å². The molecular weight excluding hydrogens is 310 g/mol. The molecule has 5 nitrogen and oxygen atoms in total. The summed E-state index contributed by atoms with van der Waals surface area (Å²) in [6.07, 6.45) is 2.22. The van der Waals surface area contributed by atoms with E-state index >= 15 is 0 Å². The third-order valence-corrected chi connectivity index (χ3v) is 5.90. The second kappa shape index (κ2) is 7.28. The van der Waals surface area contributed by atoms with Crippen molar-refractivity contribution in [2.24, 2.45) is 11.8 Å². The number of ether oxygens (including phenoxy) is 1. The van der Waals surface area contributed by atoms with Crippen molar-refractivity contribution in [2.45, 2.75) is 45.7 Å². The van der Waals surface area contributed by atoms with E-state index in [9.17, 15) is 4.79 Å². The Morgan fingerprint density at radius 2 is 2.13 bits per heavy atom. The SMILES string of the molecule is Cc1nc(C(=O)N[C@H]2CN(C3CCOCC3)C[C@@H]2C(C)C)cs1. The quantitative estimate of drug-likeness (QED) is 0.916. The van der Waals surface area contributed by atoms with Gasteiger partial charge in [0.25, 0.3) is 5.91 Å². The summed E-state index contributed by atoms with van der Waals surface area (Å²) in [6, 6.07) is 0.820. The van der Waals surface area contributed by atoms with Crippen molar-refractivity contribution in [2.75, 3.05) is 26.3 Å². The lowest BCUT2D eigenvalue weighted by atomic mass is 9.91. The molecule has 0 radical (unpaired) electrons. The summed E-state index contributed by atoms with van der Waals surface area (Å²) in [7, 11) is 0. The number of aryl methyl sites for hydroxylation is 1. The molecule has 0 saturated carbocycles. The Balaban J connectivity index is 1.65. The van der Waals surface area contributed by atoms with Crippen LogP contribution in [0.2, 0.25) is 0 Å². The maximum Gasteiger partial charge on any atom is 0.271 e. The molecule has 2 saturated heterocycles. The number of hydrogen-bond donors (Lipinski definition) is 1. The molecule has 1 aromatic heterocycles. The monoisotopic (exact) mass is 337 g/mol. The summed E-state index contributed by atoms with van der Waals surface area (Å²) in [5.74, 6) is 1.03. The number of nitrogens with zero attached hydrogens (tertiary/aromatic N) is 2. The molecule has 2 fully saturated rings. The molecule has 128 valence electrons. The van der Waals surface area contributed by atoms with Gasteiger partial charge in [-0.2, -0.15) is 0 Å². The van der Waals surface area contributed by atoms with E-state index < -0.39 is 0 Å². The van der Waals surface area contributed by atoms with Gasteiger partial charge in [-0.05, 0) is 31.6 Å². The molecule has 0 bridgehead atoms.